The van der Waals surface area contributed by atoms with E-state index in [0.717, 1.165) is 37.1 Å². The number of aromatic nitrogens is 2. The Morgan fingerprint density at radius 1 is 1.18 bits per heavy atom. The number of piperazine rings is 1. The van der Waals surface area contributed by atoms with E-state index in [1.807, 2.05) is 36.1 Å². The number of rotatable bonds is 3. The minimum Gasteiger partial charge on any atom is -0.358 e. The summed E-state index contributed by atoms with van der Waals surface area (Å²) in [6.07, 6.45) is 1.53. The molecular weight excluding hydrogens is 278 g/mol. The molecule has 0 aliphatic carbocycles. The summed E-state index contributed by atoms with van der Waals surface area (Å²) in [5, 5.41) is 4.17. The molecular formula is C16H21N5O. The predicted molar refractivity (Wildman–Crippen MR) is 86.7 cm³/mol. The maximum absolute atomic E-state index is 12.5. The molecule has 6 heteroatoms. The van der Waals surface area contributed by atoms with E-state index in [4.69, 9.17) is 0 Å². The van der Waals surface area contributed by atoms with Gasteiger partial charge in [0.25, 0.3) is 0 Å². The van der Waals surface area contributed by atoms with Gasteiger partial charge in [0.1, 0.15) is 18.2 Å². The first-order chi connectivity index (χ1) is 10.6. The van der Waals surface area contributed by atoms with Gasteiger partial charge in [-0.05, 0) is 26.1 Å². The van der Waals surface area contributed by atoms with E-state index in [2.05, 4.69) is 27.2 Å². The summed E-state index contributed by atoms with van der Waals surface area (Å²) in [5.74, 6) is 0.830. The Morgan fingerprint density at radius 3 is 2.68 bits per heavy atom. The number of fused-ring (bicyclic) bond motifs is 1. The molecule has 0 bridgehead atoms. The second-order valence-corrected chi connectivity index (χ2v) is 5.73. The highest BCUT2D eigenvalue weighted by molar-refractivity contribution is 5.91. The van der Waals surface area contributed by atoms with E-state index in [1.54, 1.807) is 0 Å². The minimum absolute atomic E-state index is 0.121. The topological polar surface area (TPSA) is 61.4 Å². The molecule has 3 rings (SSSR count). The summed E-state index contributed by atoms with van der Waals surface area (Å²) < 4.78 is 0. The first-order valence-electron chi connectivity index (χ1n) is 7.59. The van der Waals surface area contributed by atoms with E-state index in [-0.39, 0.29) is 11.9 Å². The molecule has 1 atom stereocenters. The summed E-state index contributed by atoms with van der Waals surface area (Å²) in [5.41, 5.74) is 0.874. The fourth-order valence-corrected chi connectivity index (χ4v) is 2.69. The smallest absolute Gasteiger partial charge is 0.244 e. The van der Waals surface area contributed by atoms with Crippen molar-refractivity contribution >= 4 is 22.6 Å². The van der Waals surface area contributed by atoms with Gasteiger partial charge in [0.15, 0.2) is 0 Å². The van der Waals surface area contributed by atoms with Crippen LogP contribution in [-0.4, -0.2) is 64.9 Å². The number of likely N-dealkylation sites (N-methyl/N-ethyl adjacent to an activating group) is 1. The molecule has 0 saturated carbocycles. The zero-order chi connectivity index (χ0) is 15.5. The van der Waals surface area contributed by atoms with Crippen molar-refractivity contribution in [1.82, 2.24) is 19.8 Å². The molecule has 0 spiro atoms. The number of anilines is 1. The fraction of sp³-hybridized carbons (Fsp3) is 0.438. The van der Waals surface area contributed by atoms with E-state index in [1.165, 1.54) is 6.33 Å². The third kappa shape index (κ3) is 3.01. The maximum Gasteiger partial charge on any atom is 0.244 e. The zero-order valence-corrected chi connectivity index (χ0v) is 13.0. The Bertz CT molecular complexity index is 661. The molecule has 1 aliphatic rings. The van der Waals surface area contributed by atoms with E-state index in [0.29, 0.717) is 5.82 Å². The molecule has 0 radical (unpaired) electrons. The highest BCUT2D eigenvalue weighted by Gasteiger charge is 2.24. The van der Waals surface area contributed by atoms with Gasteiger partial charge < -0.3 is 15.1 Å². The van der Waals surface area contributed by atoms with E-state index < -0.39 is 0 Å². The molecule has 22 heavy (non-hydrogen) atoms. The lowest BCUT2D eigenvalue weighted by molar-refractivity contribution is -0.133. The first kappa shape index (κ1) is 14.7. The molecule has 1 aromatic carbocycles. The molecule has 1 amide bonds. The third-order valence-corrected chi connectivity index (χ3v) is 4.08. The lowest BCUT2D eigenvalue weighted by Gasteiger charge is -2.34. The summed E-state index contributed by atoms with van der Waals surface area (Å²) in [4.78, 5) is 25.2. The molecule has 1 aliphatic heterocycles. The molecule has 1 aromatic heterocycles. The van der Waals surface area contributed by atoms with E-state index in [9.17, 15) is 4.79 Å². The van der Waals surface area contributed by atoms with E-state index >= 15 is 0 Å². The lowest BCUT2D eigenvalue weighted by atomic mass is 10.2. The van der Waals surface area contributed by atoms with Gasteiger partial charge in [-0.2, -0.15) is 0 Å². The van der Waals surface area contributed by atoms with Crippen LogP contribution in [0, 0.1) is 0 Å². The van der Waals surface area contributed by atoms with Crippen molar-refractivity contribution in [3.05, 3.63) is 30.6 Å². The van der Waals surface area contributed by atoms with Crippen molar-refractivity contribution in [3.63, 3.8) is 0 Å². The summed E-state index contributed by atoms with van der Waals surface area (Å²) >= 11 is 0. The van der Waals surface area contributed by atoms with Crippen LogP contribution in [-0.2, 0) is 4.79 Å². The quantitative estimate of drug-likeness (QED) is 0.923. The van der Waals surface area contributed by atoms with Crippen molar-refractivity contribution in [2.75, 3.05) is 38.5 Å². The SMILES string of the molecule is CC(Nc1ncnc2ccccc12)C(=O)N1CCN(C)CC1. The van der Waals surface area contributed by atoms with Crippen LogP contribution in [0.4, 0.5) is 5.82 Å². The van der Waals surface area contributed by atoms with Gasteiger partial charge in [0, 0.05) is 31.6 Å². The molecule has 116 valence electrons. The standard InChI is InChI=1S/C16H21N5O/c1-12(16(22)21-9-7-20(2)8-10-21)19-15-13-5-3-4-6-14(13)17-11-18-15/h3-6,11-12H,7-10H2,1-2H3,(H,17,18,19). The van der Waals surface area contributed by atoms with Gasteiger partial charge in [-0.25, -0.2) is 9.97 Å². The van der Waals surface area contributed by atoms with Crippen LogP contribution < -0.4 is 5.32 Å². The molecule has 1 fully saturated rings. The number of para-hydroxylation sites is 1. The van der Waals surface area contributed by atoms with Gasteiger partial charge in [-0.15, -0.1) is 0 Å². The Hall–Kier alpha value is -2.21. The number of nitrogens with one attached hydrogen (secondary N) is 1. The normalized spacial score (nSPS) is 17.5. The number of nitrogens with zero attached hydrogens (tertiary/aromatic N) is 4. The molecule has 1 saturated heterocycles. The van der Waals surface area contributed by atoms with Gasteiger partial charge in [-0.1, -0.05) is 12.1 Å². The van der Waals surface area contributed by atoms with Gasteiger partial charge >= 0.3 is 0 Å². The Labute approximate surface area is 130 Å². The Morgan fingerprint density at radius 2 is 1.91 bits per heavy atom. The maximum atomic E-state index is 12.5. The molecule has 1 N–H and O–H groups in total. The minimum atomic E-state index is -0.304. The van der Waals surface area contributed by atoms with Crippen molar-refractivity contribution in [2.45, 2.75) is 13.0 Å². The second-order valence-electron chi connectivity index (χ2n) is 5.73. The number of carbonyl (C=O) groups excluding carboxylic acids is 1. The summed E-state index contributed by atoms with van der Waals surface area (Å²) in [6.45, 7) is 5.30. The average molecular weight is 299 g/mol. The van der Waals surface area contributed by atoms with Gasteiger partial charge in [0.2, 0.25) is 5.91 Å². The lowest BCUT2D eigenvalue weighted by Crippen LogP contribution is -2.51. The third-order valence-electron chi connectivity index (χ3n) is 4.08. The van der Waals surface area contributed by atoms with Crippen LogP contribution in [0.3, 0.4) is 0 Å². The van der Waals surface area contributed by atoms with Gasteiger partial charge in [-0.3, -0.25) is 4.79 Å². The number of hydrogen-bond acceptors (Lipinski definition) is 5. The summed E-state index contributed by atoms with van der Waals surface area (Å²) in [7, 11) is 2.08. The highest BCUT2D eigenvalue weighted by Crippen LogP contribution is 2.19. The van der Waals surface area contributed by atoms with Crippen LogP contribution >= 0.6 is 0 Å². The van der Waals surface area contributed by atoms with Crippen molar-refractivity contribution in [2.24, 2.45) is 0 Å². The number of carbonyl (C=O) groups is 1. The van der Waals surface area contributed by atoms with Crippen molar-refractivity contribution < 1.29 is 4.79 Å². The van der Waals surface area contributed by atoms with Crippen LogP contribution in [0.1, 0.15) is 6.92 Å². The van der Waals surface area contributed by atoms with Crippen molar-refractivity contribution in [3.8, 4) is 0 Å². The van der Waals surface area contributed by atoms with Crippen LogP contribution in [0.25, 0.3) is 10.9 Å². The zero-order valence-electron chi connectivity index (χ0n) is 13.0. The number of benzene rings is 1. The van der Waals surface area contributed by atoms with Gasteiger partial charge in [0.05, 0.1) is 5.52 Å². The molecule has 2 aromatic rings. The largest absolute Gasteiger partial charge is 0.358 e. The second kappa shape index (κ2) is 6.27. The molecule has 6 nitrogen and oxygen atoms in total. The molecule has 1 unspecified atom stereocenters. The van der Waals surface area contributed by atoms with Crippen LogP contribution in [0.5, 0.6) is 0 Å². The van der Waals surface area contributed by atoms with Crippen LogP contribution in [0.2, 0.25) is 0 Å². The monoisotopic (exact) mass is 299 g/mol. The number of amides is 1. The molecule has 2 heterocycles. The highest BCUT2D eigenvalue weighted by atomic mass is 16.2. The predicted octanol–water partition coefficient (Wildman–Crippen LogP) is 1.20. The summed E-state index contributed by atoms with van der Waals surface area (Å²) in [6, 6.07) is 7.49. The number of hydrogen-bond donors (Lipinski definition) is 1. The Kier molecular flexibility index (Phi) is 4.20. The fourth-order valence-electron chi connectivity index (χ4n) is 2.69. The van der Waals surface area contributed by atoms with Crippen LogP contribution in [0.15, 0.2) is 30.6 Å². The van der Waals surface area contributed by atoms with Crippen molar-refractivity contribution in [1.29, 1.82) is 0 Å². The first-order valence-corrected chi connectivity index (χ1v) is 7.59. The average Bonchev–Trinajstić information content (AvgIpc) is 2.55. The Balaban J connectivity index is 1.73.